The van der Waals surface area contributed by atoms with Crippen molar-refractivity contribution < 1.29 is 18.0 Å². The molecule has 10 heteroatoms. The number of halogens is 3. The maximum Gasteiger partial charge on any atom is 0.416 e. The van der Waals surface area contributed by atoms with Crippen LogP contribution in [0.25, 0.3) is 10.8 Å². The second-order valence-corrected chi connectivity index (χ2v) is 6.79. The smallest absolute Gasteiger partial charge is 0.393 e. The number of nitrogens with two attached hydrogens (primary N) is 1. The topological polar surface area (TPSA) is 105 Å². The molecule has 0 aliphatic rings. The van der Waals surface area contributed by atoms with Gasteiger partial charge in [-0.25, -0.2) is 9.97 Å². The van der Waals surface area contributed by atoms with Crippen LogP contribution in [0, 0.1) is 0 Å². The molecule has 5 N–H and O–H groups in total. The molecular weight excluding hydrogens is 421 g/mol. The van der Waals surface area contributed by atoms with Gasteiger partial charge >= 0.3 is 6.18 Å². The lowest BCUT2D eigenvalue weighted by atomic mass is 10.0. The summed E-state index contributed by atoms with van der Waals surface area (Å²) in [5, 5.41) is 4.43. The number of carbonyl (C=O) groups is 1. The fraction of sp³-hybridized carbons (Fsp3) is 0.0455. The fourth-order valence-electron chi connectivity index (χ4n) is 3.11. The van der Waals surface area contributed by atoms with Crippen molar-refractivity contribution in [2.24, 2.45) is 0 Å². The molecule has 162 valence electrons. The molecule has 4 rings (SSSR count). The third kappa shape index (κ3) is 4.38. The Kier molecular flexibility index (Phi) is 5.50. The zero-order valence-corrected chi connectivity index (χ0v) is 16.4. The van der Waals surface area contributed by atoms with Crippen LogP contribution >= 0.6 is 0 Å². The summed E-state index contributed by atoms with van der Waals surface area (Å²) < 4.78 is 38.8. The van der Waals surface area contributed by atoms with E-state index in [1.54, 1.807) is 12.1 Å². The number of benzene rings is 3. The summed E-state index contributed by atoms with van der Waals surface area (Å²) in [5.41, 5.74) is 11.0. The third-order valence-corrected chi connectivity index (χ3v) is 4.67. The van der Waals surface area contributed by atoms with Crippen molar-refractivity contribution in [3.63, 3.8) is 0 Å². The van der Waals surface area contributed by atoms with Gasteiger partial charge in [-0.15, -0.1) is 0 Å². The molecule has 0 unspecified atom stereocenters. The van der Waals surface area contributed by atoms with E-state index in [9.17, 15) is 18.0 Å². The summed E-state index contributed by atoms with van der Waals surface area (Å²) in [6.07, 6.45) is -3.31. The van der Waals surface area contributed by atoms with E-state index in [1.165, 1.54) is 18.5 Å². The van der Waals surface area contributed by atoms with Crippen LogP contribution in [0.4, 0.5) is 36.2 Å². The highest BCUT2D eigenvalue weighted by atomic mass is 19.4. The van der Waals surface area contributed by atoms with Gasteiger partial charge in [0.25, 0.3) is 5.91 Å². The van der Waals surface area contributed by atoms with Gasteiger partial charge in [0.05, 0.1) is 5.56 Å². The number of hydrogen-bond acceptors (Lipinski definition) is 6. The third-order valence-electron chi connectivity index (χ3n) is 4.67. The fourth-order valence-corrected chi connectivity index (χ4v) is 3.11. The van der Waals surface area contributed by atoms with Crippen LogP contribution in [0.2, 0.25) is 0 Å². The molecule has 0 bridgehead atoms. The molecule has 0 spiro atoms. The number of anilines is 4. The molecule has 1 heterocycles. The number of aromatic nitrogens is 2. The van der Waals surface area contributed by atoms with Crippen LogP contribution in [0.1, 0.15) is 15.9 Å². The molecule has 0 radical (unpaired) electrons. The molecule has 0 saturated carbocycles. The van der Waals surface area contributed by atoms with E-state index in [1.807, 2.05) is 30.3 Å². The Morgan fingerprint density at radius 1 is 0.906 bits per heavy atom. The second kappa shape index (κ2) is 8.42. The molecule has 0 aliphatic carbocycles. The van der Waals surface area contributed by atoms with E-state index in [0.717, 1.165) is 22.9 Å². The van der Waals surface area contributed by atoms with Crippen LogP contribution in [-0.4, -0.2) is 15.9 Å². The lowest BCUT2D eigenvalue weighted by molar-refractivity contribution is -0.137. The Balaban J connectivity index is 1.51. The number of nitrogens with one attached hydrogen (secondary N) is 3. The normalized spacial score (nSPS) is 11.2. The Morgan fingerprint density at radius 3 is 2.44 bits per heavy atom. The Hall–Kier alpha value is -4.34. The number of amides is 1. The molecule has 0 saturated heterocycles. The van der Waals surface area contributed by atoms with Gasteiger partial charge in [-0.2, -0.15) is 13.2 Å². The summed E-state index contributed by atoms with van der Waals surface area (Å²) in [7, 11) is 0. The highest BCUT2D eigenvalue weighted by Gasteiger charge is 2.30. The van der Waals surface area contributed by atoms with Crippen molar-refractivity contribution in [2.75, 3.05) is 16.5 Å². The monoisotopic (exact) mass is 438 g/mol. The van der Waals surface area contributed by atoms with Gasteiger partial charge in [-0.1, -0.05) is 42.5 Å². The van der Waals surface area contributed by atoms with Gasteiger partial charge in [-0.3, -0.25) is 15.6 Å². The Bertz CT molecular complexity index is 1290. The van der Waals surface area contributed by atoms with Crippen molar-refractivity contribution in [1.82, 2.24) is 15.4 Å². The van der Waals surface area contributed by atoms with Crippen molar-refractivity contribution >= 4 is 39.7 Å². The van der Waals surface area contributed by atoms with Gasteiger partial charge in [0.2, 0.25) is 0 Å². The van der Waals surface area contributed by atoms with Crippen molar-refractivity contribution in [3.8, 4) is 0 Å². The predicted molar refractivity (Wildman–Crippen MR) is 116 cm³/mol. The Morgan fingerprint density at radius 2 is 1.62 bits per heavy atom. The summed E-state index contributed by atoms with van der Waals surface area (Å²) in [5.74, 6) is -0.239. The molecule has 1 aromatic heterocycles. The first-order chi connectivity index (χ1) is 15.3. The zero-order valence-electron chi connectivity index (χ0n) is 16.4. The number of nitrogen functional groups attached to an aromatic ring is 1. The molecular formula is C22H17F3N6O. The lowest BCUT2D eigenvalue weighted by Gasteiger charge is -2.14. The standard InChI is InChI=1S/C22H17F3N6O/c23-22(24,25)14-7-4-8-15(11-14)29-19-18(26)20(28-12-27-19)30-31-21(32)17-10-3-6-13-5-1-2-9-16(13)17/h1-12H,26H2,(H,31,32)(H2,27,28,29,30). The summed E-state index contributed by atoms with van der Waals surface area (Å²) in [6, 6.07) is 17.4. The number of hydrogen-bond donors (Lipinski definition) is 4. The number of hydrazine groups is 1. The first-order valence-electron chi connectivity index (χ1n) is 9.42. The van der Waals surface area contributed by atoms with Crippen molar-refractivity contribution in [2.45, 2.75) is 6.18 Å². The highest BCUT2D eigenvalue weighted by Crippen LogP contribution is 2.32. The average molecular weight is 438 g/mol. The predicted octanol–water partition coefficient (Wildman–Crippen LogP) is 4.73. The average Bonchev–Trinajstić information content (AvgIpc) is 2.78. The van der Waals surface area contributed by atoms with Gasteiger partial charge in [0, 0.05) is 11.3 Å². The molecule has 0 atom stereocenters. The van der Waals surface area contributed by atoms with Crippen LogP contribution in [-0.2, 0) is 6.18 Å². The van der Waals surface area contributed by atoms with Gasteiger partial charge < -0.3 is 11.1 Å². The first-order valence-corrected chi connectivity index (χ1v) is 9.42. The summed E-state index contributed by atoms with van der Waals surface area (Å²) in [6.45, 7) is 0. The Labute approximate surface area is 180 Å². The maximum atomic E-state index is 12.9. The molecule has 3 aromatic carbocycles. The number of fused-ring (bicyclic) bond motifs is 1. The quantitative estimate of drug-likeness (QED) is 0.336. The van der Waals surface area contributed by atoms with E-state index < -0.39 is 17.6 Å². The minimum Gasteiger partial charge on any atom is -0.393 e. The molecule has 4 aromatic rings. The number of nitrogens with zero attached hydrogens (tertiary/aromatic N) is 2. The molecule has 1 amide bonds. The molecule has 32 heavy (non-hydrogen) atoms. The SMILES string of the molecule is Nc1c(NNC(=O)c2cccc3ccccc23)ncnc1Nc1cccc(C(F)(F)F)c1. The minimum absolute atomic E-state index is 0.0168. The zero-order chi connectivity index (χ0) is 22.7. The van der Waals surface area contributed by atoms with Gasteiger partial charge in [0.1, 0.15) is 12.0 Å². The minimum atomic E-state index is -4.48. The molecule has 7 nitrogen and oxygen atoms in total. The van der Waals surface area contributed by atoms with Gasteiger partial charge in [0.15, 0.2) is 11.6 Å². The maximum absolute atomic E-state index is 12.9. The van der Waals surface area contributed by atoms with E-state index in [0.29, 0.717) is 5.56 Å². The summed E-state index contributed by atoms with van der Waals surface area (Å²) in [4.78, 5) is 20.6. The van der Waals surface area contributed by atoms with Crippen LogP contribution < -0.4 is 21.9 Å². The number of carbonyl (C=O) groups excluding carboxylic acids is 1. The largest absolute Gasteiger partial charge is 0.416 e. The van der Waals surface area contributed by atoms with Crippen LogP contribution in [0.15, 0.2) is 73.1 Å². The first kappa shape index (κ1) is 20.9. The molecule has 0 aliphatic heterocycles. The van der Waals surface area contributed by atoms with Crippen molar-refractivity contribution in [3.05, 3.63) is 84.2 Å². The van der Waals surface area contributed by atoms with E-state index in [-0.39, 0.29) is 23.0 Å². The summed E-state index contributed by atoms with van der Waals surface area (Å²) >= 11 is 0. The van der Waals surface area contributed by atoms with Crippen LogP contribution in [0.3, 0.4) is 0 Å². The number of alkyl halides is 3. The number of rotatable bonds is 5. The van der Waals surface area contributed by atoms with Crippen LogP contribution in [0.5, 0.6) is 0 Å². The van der Waals surface area contributed by atoms with Crippen molar-refractivity contribution in [1.29, 1.82) is 0 Å². The van der Waals surface area contributed by atoms with E-state index >= 15 is 0 Å². The van der Waals surface area contributed by atoms with E-state index in [4.69, 9.17) is 5.73 Å². The van der Waals surface area contributed by atoms with E-state index in [2.05, 4.69) is 26.1 Å². The lowest BCUT2D eigenvalue weighted by Crippen LogP contribution is -2.30. The van der Waals surface area contributed by atoms with Gasteiger partial charge in [-0.05, 0) is 35.0 Å². The second-order valence-electron chi connectivity index (χ2n) is 6.79. The highest BCUT2D eigenvalue weighted by molar-refractivity contribution is 6.07. The molecule has 0 fully saturated rings.